The molecule has 0 radical (unpaired) electrons. The lowest BCUT2D eigenvalue weighted by atomic mass is 10.1. The van der Waals surface area contributed by atoms with Crippen LogP contribution in [0.2, 0.25) is 0 Å². The zero-order chi connectivity index (χ0) is 15.4. The first-order valence-corrected chi connectivity index (χ1v) is 7.35. The molecule has 0 aliphatic heterocycles. The standard InChI is InChI=1S/C15H16N2O3S/c1-10-9-21-14(16-10)11-4-3-5-12(8-11)15(20)17(2)7-6-13(18)19/h3-5,8-9H,6-7H2,1-2H3,(H,18,19). The van der Waals surface area contributed by atoms with Crippen LogP contribution in [0.1, 0.15) is 22.5 Å². The molecule has 0 atom stereocenters. The first kappa shape index (κ1) is 15.2. The molecule has 110 valence electrons. The fourth-order valence-corrected chi connectivity index (χ4v) is 2.65. The molecular formula is C15H16N2O3S. The summed E-state index contributed by atoms with van der Waals surface area (Å²) in [7, 11) is 1.60. The predicted molar refractivity (Wildman–Crippen MR) is 81.5 cm³/mol. The second-order valence-corrected chi connectivity index (χ2v) is 5.60. The van der Waals surface area contributed by atoms with E-state index in [9.17, 15) is 9.59 Å². The highest BCUT2D eigenvalue weighted by atomic mass is 32.1. The molecule has 0 aliphatic carbocycles. The highest BCUT2D eigenvalue weighted by molar-refractivity contribution is 7.13. The number of rotatable bonds is 5. The molecule has 1 N–H and O–H groups in total. The number of aliphatic carboxylic acids is 1. The Morgan fingerprint density at radius 3 is 2.76 bits per heavy atom. The third-order valence-electron chi connectivity index (χ3n) is 2.98. The number of benzene rings is 1. The topological polar surface area (TPSA) is 70.5 Å². The molecule has 0 spiro atoms. The van der Waals surface area contributed by atoms with Gasteiger partial charge in [0.05, 0.1) is 6.42 Å². The molecule has 0 saturated heterocycles. The molecule has 2 rings (SSSR count). The van der Waals surface area contributed by atoms with Crippen molar-refractivity contribution in [2.45, 2.75) is 13.3 Å². The van der Waals surface area contributed by atoms with Crippen molar-refractivity contribution < 1.29 is 14.7 Å². The van der Waals surface area contributed by atoms with Gasteiger partial charge in [-0.05, 0) is 19.1 Å². The van der Waals surface area contributed by atoms with Crippen molar-refractivity contribution in [1.29, 1.82) is 0 Å². The second-order valence-electron chi connectivity index (χ2n) is 4.75. The number of carboxylic acid groups (broad SMARTS) is 1. The number of hydrogen-bond donors (Lipinski definition) is 1. The van der Waals surface area contributed by atoms with Crippen LogP contribution in [0.25, 0.3) is 10.6 Å². The molecule has 1 amide bonds. The summed E-state index contributed by atoms with van der Waals surface area (Å²) >= 11 is 1.53. The van der Waals surface area contributed by atoms with Gasteiger partial charge < -0.3 is 10.0 Å². The van der Waals surface area contributed by atoms with Crippen LogP contribution in [0, 0.1) is 6.92 Å². The number of aromatic nitrogens is 1. The summed E-state index contributed by atoms with van der Waals surface area (Å²) in [6.07, 6.45) is -0.0619. The fraction of sp³-hybridized carbons (Fsp3) is 0.267. The lowest BCUT2D eigenvalue weighted by molar-refractivity contribution is -0.137. The van der Waals surface area contributed by atoms with E-state index in [1.165, 1.54) is 16.2 Å². The number of carboxylic acids is 1. The van der Waals surface area contributed by atoms with Gasteiger partial charge in [-0.1, -0.05) is 12.1 Å². The molecule has 0 fully saturated rings. The van der Waals surface area contributed by atoms with Gasteiger partial charge in [-0.2, -0.15) is 0 Å². The molecule has 21 heavy (non-hydrogen) atoms. The van der Waals surface area contributed by atoms with Crippen LogP contribution >= 0.6 is 11.3 Å². The number of amides is 1. The number of aryl methyl sites for hydroxylation is 1. The minimum Gasteiger partial charge on any atom is -0.481 e. The van der Waals surface area contributed by atoms with Crippen LogP contribution in [0.4, 0.5) is 0 Å². The largest absolute Gasteiger partial charge is 0.481 e. The lowest BCUT2D eigenvalue weighted by Crippen LogP contribution is -2.29. The molecule has 5 nitrogen and oxygen atoms in total. The van der Waals surface area contributed by atoms with Crippen molar-refractivity contribution in [1.82, 2.24) is 9.88 Å². The van der Waals surface area contributed by atoms with Gasteiger partial charge >= 0.3 is 5.97 Å². The minimum atomic E-state index is -0.915. The van der Waals surface area contributed by atoms with Gasteiger partial charge in [0.2, 0.25) is 0 Å². The van der Waals surface area contributed by atoms with E-state index >= 15 is 0 Å². The molecule has 2 aromatic rings. The maximum atomic E-state index is 12.3. The number of nitrogens with zero attached hydrogens (tertiary/aromatic N) is 2. The molecule has 1 heterocycles. The molecule has 0 aliphatic rings. The SMILES string of the molecule is Cc1csc(-c2cccc(C(=O)N(C)CCC(=O)O)c2)n1. The van der Waals surface area contributed by atoms with Gasteiger partial charge in [0.25, 0.3) is 5.91 Å². The quantitative estimate of drug-likeness (QED) is 0.922. The zero-order valence-corrected chi connectivity index (χ0v) is 12.7. The average molecular weight is 304 g/mol. The second kappa shape index (κ2) is 6.49. The molecule has 6 heteroatoms. The molecule has 0 saturated carbocycles. The van der Waals surface area contributed by atoms with Crippen molar-refractivity contribution in [3.63, 3.8) is 0 Å². The summed E-state index contributed by atoms with van der Waals surface area (Å²) in [5.74, 6) is -1.10. The summed E-state index contributed by atoms with van der Waals surface area (Å²) in [4.78, 5) is 28.6. The minimum absolute atomic E-state index is 0.0619. The third-order valence-corrected chi connectivity index (χ3v) is 3.99. The van der Waals surface area contributed by atoms with Crippen molar-refractivity contribution in [3.05, 3.63) is 40.9 Å². The van der Waals surface area contributed by atoms with Crippen LogP contribution in [0.15, 0.2) is 29.6 Å². The predicted octanol–water partition coefficient (Wildman–Crippen LogP) is 2.67. The molecule has 1 aromatic carbocycles. The highest BCUT2D eigenvalue weighted by Crippen LogP contribution is 2.24. The first-order chi connectivity index (χ1) is 9.97. The van der Waals surface area contributed by atoms with Crippen LogP contribution in [-0.4, -0.2) is 40.5 Å². The van der Waals surface area contributed by atoms with Crippen molar-refractivity contribution in [3.8, 4) is 10.6 Å². The van der Waals surface area contributed by atoms with Gasteiger partial charge in [-0.15, -0.1) is 11.3 Å². The van der Waals surface area contributed by atoms with E-state index in [1.54, 1.807) is 19.2 Å². The molecular weight excluding hydrogens is 288 g/mol. The van der Waals surface area contributed by atoms with Crippen LogP contribution in [0.3, 0.4) is 0 Å². The first-order valence-electron chi connectivity index (χ1n) is 6.47. The number of carbonyl (C=O) groups is 2. The summed E-state index contributed by atoms with van der Waals surface area (Å²) in [5.41, 5.74) is 2.38. The Bertz CT molecular complexity index is 666. The van der Waals surface area contributed by atoms with Gasteiger partial charge in [0, 0.05) is 35.8 Å². The van der Waals surface area contributed by atoms with Crippen LogP contribution in [0.5, 0.6) is 0 Å². The fourth-order valence-electron chi connectivity index (χ4n) is 1.86. The smallest absolute Gasteiger partial charge is 0.305 e. The molecule has 0 unspecified atom stereocenters. The monoisotopic (exact) mass is 304 g/mol. The maximum absolute atomic E-state index is 12.3. The lowest BCUT2D eigenvalue weighted by Gasteiger charge is -2.16. The van der Waals surface area contributed by atoms with Gasteiger partial charge in [0.15, 0.2) is 0 Å². The van der Waals surface area contributed by atoms with E-state index in [-0.39, 0.29) is 18.9 Å². The number of carbonyl (C=O) groups excluding carboxylic acids is 1. The van der Waals surface area contributed by atoms with E-state index in [0.717, 1.165) is 16.3 Å². The Morgan fingerprint density at radius 2 is 2.14 bits per heavy atom. The maximum Gasteiger partial charge on any atom is 0.305 e. The van der Waals surface area contributed by atoms with Crippen LogP contribution < -0.4 is 0 Å². The summed E-state index contributed by atoms with van der Waals surface area (Å²) in [6.45, 7) is 2.11. The number of thiazole rings is 1. The summed E-state index contributed by atoms with van der Waals surface area (Å²) in [5, 5.41) is 11.5. The van der Waals surface area contributed by atoms with Gasteiger partial charge in [-0.25, -0.2) is 4.98 Å². The Morgan fingerprint density at radius 1 is 1.38 bits per heavy atom. The highest BCUT2D eigenvalue weighted by Gasteiger charge is 2.14. The van der Waals surface area contributed by atoms with E-state index in [0.29, 0.717) is 5.56 Å². The zero-order valence-electron chi connectivity index (χ0n) is 11.9. The Labute approximate surface area is 126 Å². The van der Waals surface area contributed by atoms with Crippen LogP contribution in [-0.2, 0) is 4.79 Å². The summed E-state index contributed by atoms with van der Waals surface area (Å²) in [6, 6.07) is 7.23. The van der Waals surface area contributed by atoms with Crippen molar-refractivity contribution in [2.75, 3.05) is 13.6 Å². The molecule has 0 bridgehead atoms. The van der Waals surface area contributed by atoms with E-state index in [1.807, 2.05) is 24.4 Å². The van der Waals surface area contributed by atoms with Gasteiger partial charge in [0.1, 0.15) is 5.01 Å². The third kappa shape index (κ3) is 3.88. The van der Waals surface area contributed by atoms with Gasteiger partial charge in [-0.3, -0.25) is 9.59 Å². The average Bonchev–Trinajstić information content (AvgIpc) is 2.90. The molecule has 1 aromatic heterocycles. The van der Waals surface area contributed by atoms with E-state index in [2.05, 4.69) is 4.98 Å². The van der Waals surface area contributed by atoms with E-state index < -0.39 is 5.97 Å². The Balaban J connectivity index is 2.17. The normalized spacial score (nSPS) is 10.4. The summed E-state index contributed by atoms with van der Waals surface area (Å²) < 4.78 is 0. The Kier molecular flexibility index (Phi) is 4.70. The Hall–Kier alpha value is -2.21. The van der Waals surface area contributed by atoms with E-state index in [4.69, 9.17) is 5.11 Å². The number of hydrogen-bond acceptors (Lipinski definition) is 4. The van der Waals surface area contributed by atoms with Crippen molar-refractivity contribution >= 4 is 23.2 Å². The van der Waals surface area contributed by atoms with Crippen molar-refractivity contribution in [2.24, 2.45) is 0 Å².